The maximum atomic E-state index is 11.4. The van der Waals surface area contributed by atoms with Crippen molar-refractivity contribution in [2.24, 2.45) is 9.81 Å². The van der Waals surface area contributed by atoms with E-state index in [0.717, 1.165) is 0 Å². The van der Waals surface area contributed by atoms with Gasteiger partial charge < -0.3 is 4.55 Å². The van der Waals surface area contributed by atoms with Crippen LogP contribution < -0.4 is 0 Å². The van der Waals surface area contributed by atoms with E-state index < -0.39 is 11.4 Å². The molecule has 0 fully saturated rings. The summed E-state index contributed by atoms with van der Waals surface area (Å²) in [5.74, 6) is 0. The van der Waals surface area contributed by atoms with E-state index in [1.54, 1.807) is 6.21 Å². The van der Waals surface area contributed by atoms with Crippen molar-refractivity contribution in [3.05, 3.63) is 0 Å². The standard InChI is InChI=1S/C9H19NOS/c1-8(2,3)7-10-12(11)9(4,5)6/h7H,1-6H3/b10-7+/t12-/m1/s1. The largest absolute Gasteiger partial charge is 0.591 e. The van der Waals surface area contributed by atoms with Crippen molar-refractivity contribution in [1.29, 1.82) is 0 Å². The molecule has 0 N–H and O–H groups in total. The van der Waals surface area contributed by atoms with Gasteiger partial charge in [0.15, 0.2) is 0 Å². The Morgan fingerprint density at radius 3 is 1.75 bits per heavy atom. The second kappa shape index (κ2) is 3.79. The average molecular weight is 189 g/mol. The molecule has 0 aliphatic carbocycles. The molecule has 0 amide bonds. The van der Waals surface area contributed by atoms with Gasteiger partial charge in [0.25, 0.3) is 0 Å². The first-order chi connectivity index (χ1) is 5.13. The van der Waals surface area contributed by atoms with Gasteiger partial charge in [-0.15, -0.1) is 0 Å². The second-order valence-electron chi connectivity index (χ2n) is 4.96. The molecule has 0 radical (unpaired) electrons. The van der Waals surface area contributed by atoms with Crippen LogP contribution in [-0.2, 0) is 11.4 Å². The molecule has 0 heterocycles. The quantitative estimate of drug-likeness (QED) is 0.461. The molecule has 1 atom stereocenters. The van der Waals surface area contributed by atoms with Gasteiger partial charge in [0.1, 0.15) is 16.1 Å². The first kappa shape index (κ1) is 12.0. The van der Waals surface area contributed by atoms with Crippen LogP contribution in [0.15, 0.2) is 4.40 Å². The van der Waals surface area contributed by atoms with Crippen molar-refractivity contribution in [3.8, 4) is 0 Å². The van der Waals surface area contributed by atoms with Gasteiger partial charge in [-0.05, 0) is 20.8 Å². The van der Waals surface area contributed by atoms with E-state index in [-0.39, 0.29) is 10.2 Å². The third kappa shape index (κ3) is 5.61. The van der Waals surface area contributed by atoms with Gasteiger partial charge in [0, 0.05) is 5.41 Å². The maximum absolute atomic E-state index is 11.4. The first-order valence-electron chi connectivity index (χ1n) is 4.10. The Morgan fingerprint density at radius 1 is 1.08 bits per heavy atom. The lowest BCUT2D eigenvalue weighted by molar-refractivity contribution is 0.558. The molecule has 0 aromatic heterocycles. The molecule has 0 unspecified atom stereocenters. The second-order valence-corrected chi connectivity index (χ2v) is 6.90. The van der Waals surface area contributed by atoms with E-state index in [0.29, 0.717) is 0 Å². The summed E-state index contributed by atoms with van der Waals surface area (Å²) >= 11 is -1.11. The molecule has 0 saturated carbocycles. The van der Waals surface area contributed by atoms with Crippen molar-refractivity contribution < 1.29 is 4.55 Å². The van der Waals surface area contributed by atoms with Crippen LogP contribution in [0.4, 0.5) is 0 Å². The third-order valence-electron chi connectivity index (χ3n) is 1.06. The van der Waals surface area contributed by atoms with E-state index in [2.05, 4.69) is 4.40 Å². The molecular weight excluding hydrogens is 170 g/mol. The van der Waals surface area contributed by atoms with Gasteiger partial charge in [-0.2, -0.15) is 0 Å². The summed E-state index contributed by atoms with van der Waals surface area (Å²) in [5.41, 5.74) is 0.0148. The van der Waals surface area contributed by atoms with Crippen molar-refractivity contribution >= 4 is 17.6 Å². The molecule has 12 heavy (non-hydrogen) atoms. The summed E-state index contributed by atoms with van der Waals surface area (Å²) < 4.78 is 15.2. The van der Waals surface area contributed by atoms with Crippen LogP contribution in [0.3, 0.4) is 0 Å². The molecule has 0 spiro atoms. The maximum Gasteiger partial charge on any atom is 0.144 e. The van der Waals surface area contributed by atoms with Gasteiger partial charge in [0.05, 0.1) is 6.21 Å². The lowest BCUT2D eigenvalue weighted by Gasteiger charge is -2.19. The van der Waals surface area contributed by atoms with Gasteiger partial charge in [-0.1, -0.05) is 25.2 Å². The molecule has 72 valence electrons. The van der Waals surface area contributed by atoms with E-state index in [4.69, 9.17) is 0 Å². The lowest BCUT2D eigenvalue weighted by atomic mass is 10.00. The predicted octanol–water partition coefficient (Wildman–Crippen LogP) is 2.57. The first-order valence-corrected chi connectivity index (χ1v) is 5.21. The van der Waals surface area contributed by atoms with Crippen LogP contribution in [0.5, 0.6) is 0 Å². The van der Waals surface area contributed by atoms with Crippen molar-refractivity contribution in [3.63, 3.8) is 0 Å². The van der Waals surface area contributed by atoms with Gasteiger partial charge in [-0.25, -0.2) is 0 Å². The molecule has 0 bridgehead atoms. The Balaban J connectivity index is 4.19. The van der Waals surface area contributed by atoms with Gasteiger partial charge in [0.2, 0.25) is 0 Å². The Kier molecular flexibility index (Phi) is 3.79. The zero-order chi connectivity index (χ0) is 9.99. The minimum atomic E-state index is -1.11. The highest BCUT2D eigenvalue weighted by molar-refractivity contribution is 7.91. The summed E-state index contributed by atoms with van der Waals surface area (Å²) in [5, 5.41) is 0. The number of nitrogens with zero attached hydrogens (tertiary/aromatic N) is 1. The molecule has 0 aromatic carbocycles. The zero-order valence-electron chi connectivity index (χ0n) is 8.84. The minimum Gasteiger partial charge on any atom is -0.591 e. The number of hydrogen-bond acceptors (Lipinski definition) is 2. The fourth-order valence-corrected chi connectivity index (χ4v) is 1.09. The van der Waals surface area contributed by atoms with E-state index in [1.807, 2.05) is 41.5 Å². The highest BCUT2D eigenvalue weighted by atomic mass is 32.2. The van der Waals surface area contributed by atoms with Gasteiger partial charge >= 0.3 is 0 Å². The topological polar surface area (TPSA) is 35.4 Å². The highest BCUT2D eigenvalue weighted by Crippen LogP contribution is 2.18. The van der Waals surface area contributed by atoms with Crippen LogP contribution >= 0.6 is 0 Å². The highest BCUT2D eigenvalue weighted by Gasteiger charge is 2.26. The van der Waals surface area contributed by atoms with Crippen LogP contribution in [-0.4, -0.2) is 15.5 Å². The summed E-state index contributed by atoms with van der Waals surface area (Å²) in [6.07, 6.45) is 1.76. The minimum absolute atomic E-state index is 0.0148. The predicted molar refractivity (Wildman–Crippen MR) is 55.8 cm³/mol. The Morgan fingerprint density at radius 2 is 1.50 bits per heavy atom. The molecule has 0 saturated heterocycles. The smallest absolute Gasteiger partial charge is 0.144 e. The number of hydrogen-bond donors (Lipinski definition) is 0. The Labute approximate surface area is 78.8 Å². The molecule has 0 aliphatic heterocycles. The van der Waals surface area contributed by atoms with Crippen LogP contribution in [0.25, 0.3) is 0 Å². The lowest BCUT2D eigenvalue weighted by Crippen LogP contribution is -2.26. The van der Waals surface area contributed by atoms with Crippen LogP contribution in [0.1, 0.15) is 41.5 Å². The third-order valence-corrected chi connectivity index (χ3v) is 2.40. The monoisotopic (exact) mass is 189 g/mol. The Hall–Kier alpha value is -0.0200. The molecule has 2 nitrogen and oxygen atoms in total. The fourth-order valence-electron chi connectivity index (χ4n) is 0.364. The summed E-state index contributed by atoms with van der Waals surface area (Å²) in [6.45, 7) is 11.9. The summed E-state index contributed by atoms with van der Waals surface area (Å²) in [6, 6.07) is 0. The molecular formula is C9H19NOS. The SMILES string of the molecule is CC(C)(C)/C=N/[S@+]([O-])C(C)(C)C. The van der Waals surface area contributed by atoms with E-state index in [1.165, 1.54) is 0 Å². The van der Waals surface area contributed by atoms with Crippen LogP contribution in [0, 0.1) is 5.41 Å². The zero-order valence-corrected chi connectivity index (χ0v) is 9.66. The molecule has 0 aromatic rings. The van der Waals surface area contributed by atoms with Crippen molar-refractivity contribution in [2.75, 3.05) is 0 Å². The molecule has 0 rings (SSSR count). The van der Waals surface area contributed by atoms with Crippen LogP contribution in [0.2, 0.25) is 0 Å². The molecule has 0 aliphatic rings. The Bertz CT molecular complexity index is 164. The van der Waals surface area contributed by atoms with E-state index in [9.17, 15) is 4.55 Å². The fraction of sp³-hybridized carbons (Fsp3) is 0.889. The molecule has 3 heteroatoms. The van der Waals surface area contributed by atoms with Crippen molar-refractivity contribution in [2.45, 2.75) is 46.3 Å². The summed E-state index contributed by atoms with van der Waals surface area (Å²) in [4.78, 5) is 0. The van der Waals surface area contributed by atoms with Gasteiger partial charge in [-0.3, -0.25) is 0 Å². The summed E-state index contributed by atoms with van der Waals surface area (Å²) in [7, 11) is 0. The number of rotatable bonds is 1. The average Bonchev–Trinajstić information content (AvgIpc) is 1.78. The van der Waals surface area contributed by atoms with Crippen molar-refractivity contribution in [1.82, 2.24) is 0 Å². The normalized spacial score (nSPS) is 16.9. The van der Waals surface area contributed by atoms with E-state index >= 15 is 0 Å².